The van der Waals surface area contributed by atoms with Gasteiger partial charge in [0.2, 0.25) is 0 Å². The first-order valence-electron chi connectivity index (χ1n) is 11.0. The maximum atomic E-state index is 13.0. The van der Waals surface area contributed by atoms with E-state index in [4.69, 9.17) is 9.97 Å². The Labute approximate surface area is 201 Å². The van der Waals surface area contributed by atoms with Gasteiger partial charge in [-0.1, -0.05) is 66.7 Å². The molecule has 0 aliphatic carbocycles. The smallest absolute Gasteiger partial charge is 0.293 e. The van der Waals surface area contributed by atoms with Crippen LogP contribution in [0.4, 0.5) is 11.4 Å². The van der Waals surface area contributed by atoms with Crippen molar-refractivity contribution in [2.75, 3.05) is 5.32 Å². The molecule has 5 rings (SSSR count). The summed E-state index contributed by atoms with van der Waals surface area (Å²) in [6.07, 6.45) is 0. The molecule has 1 aromatic heterocycles. The molecule has 0 aliphatic heterocycles. The van der Waals surface area contributed by atoms with Crippen LogP contribution in [0.2, 0.25) is 0 Å². The van der Waals surface area contributed by atoms with Gasteiger partial charge in [0.05, 0.1) is 27.3 Å². The van der Waals surface area contributed by atoms with Gasteiger partial charge in [-0.05, 0) is 36.8 Å². The number of hydrogen-bond donors (Lipinski definition) is 1. The maximum Gasteiger partial charge on any atom is 0.293 e. The highest BCUT2D eigenvalue weighted by Gasteiger charge is 2.18. The number of nitro groups is 1. The van der Waals surface area contributed by atoms with Gasteiger partial charge in [0.1, 0.15) is 5.69 Å². The molecule has 0 saturated heterocycles. The summed E-state index contributed by atoms with van der Waals surface area (Å²) in [6, 6.07) is 29.3. The van der Waals surface area contributed by atoms with Crippen molar-refractivity contribution in [3.05, 3.63) is 118 Å². The average molecular weight is 460 g/mol. The van der Waals surface area contributed by atoms with Crippen LogP contribution in [0, 0.1) is 17.0 Å². The lowest BCUT2D eigenvalue weighted by Crippen LogP contribution is -2.13. The van der Waals surface area contributed by atoms with Crippen LogP contribution in [-0.2, 0) is 0 Å². The fourth-order valence-electron chi connectivity index (χ4n) is 3.88. The lowest BCUT2D eigenvalue weighted by Gasteiger charge is -2.12. The number of amides is 1. The lowest BCUT2D eigenvalue weighted by molar-refractivity contribution is -0.384. The first-order valence-corrected chi connectivity index (χ1v) is 11.0. The van der Waals surface area contributed by atoms with Crippen LogP contribution < -0.4 is 5.32 Å². The Balaban J connectivity index is 1.58. The van der Waals surface area contributed by atoms with Crippen molar-refractivity contribution in [2.24, 2.45) is 0 Å². The molecule has 0 fully saturated rings. The van der Waals surface area contributed by atoms with E-state index in [0.717, 1.165) is 22.4 Å². The van der Waals surface area contributed by atoms with E-state index in [1.54, 1.807) is 31.2 Å². The number of carbonyl (C=O) groups excluding carboxylic acids is 1. The van der Waals surface area contributed by atoms with Crippen LogP contribution in [0.1, 0.15) is 15.9 Å². The molecule has 0 unspecified atom stereocenters. The monoisotopic (exact) mass is 460 g/mol. The predicted octanol–water partition coefficient (Wildman–Crippen LogP) is 6.43. The molecule has 7 nitrogen and oxygen atoms in total. The van der Waals surface area contributed by atoms with Gasteiger partial charge >= 0.3 is 0 Å². The quantitative estimate of drug-likeness (QED) is 0.241. The molecule has 1 amide bonds. The molecule has 7 heteroatoms. The third kappa shape index (κ3) is 4.47. The molecule has 0 saturated carbocycles. The minimum absolute atomic E-state index is 0.140. The van der Waals surface area contributed by atoms with Crippen molar-refractivity contribution in [1.29, 1.82) is 0 Å². The summed E-state index contributed by atoms with van der Waals surface area (Å²) in [5.41, 5.74) is 5.54. The molecule has 0 atom stereocenters. The lowest BCUT2D eigenvalue weighted by atomic mass is 10.0. The number of rotatable bonds is 5. The van der Waals surface area contributed by atoms with Gasteiger partial charge in [0, 0.05) is 22.8 Å². The van der Waals surface area contributed by atoms with E-state index < -0.39 is 10.8 Å². The summed E-state index contributed by atoms with van der Waals surface area (Å²) in [6.45, 7) is 1.76. The van der Waals surface area contributed by atoms with Gasteiger partial charge in [-0.2, -0.15) is 0 Å². The molecule has 1 heterocycles. The second-order valence-corrected chi connectivity index (χ2v) is 8.09. The molecule has 5 aromatic rings. The summed E-state index contributed by atoms with van der Waals surface area (Å²) in [7, 11) is 0. The number of nitrogens with one attached hydrogen (secondary N) is 1. The summed E-state index contributed by atoms with van der Waals surface area (Å²) < 4.78 is 0. The summed E-state index contributed by atoms with van der Waals surface area (Å²) in [4.78, 5) is 33.6. The van der Waals surface area contributed by atoms with E-state index in [1.165, 1.54) is 12.1 Å². The average Bonchev–Trinajstić information content (AvgIpc) is 2.89. The van der Waals surface area contributed by atoms with Crippen molar-refractivity contribution in [3.8, 4) is 22.5 Å². The Morgan fingerprint density at radius 2 is 1.37 bits per heavy atom. The van der Waals surface area contributed by atoms with E-state index in [1.807, 2.05) is 60.7 Å². The molecule has 35 heavy (non-hydrogen) atoms. The summed E-state index contributed by atoms with van der Waals surface area (Å²) >= 11 is 0. The number of fused-ring (bicyclic) bond motifs is 1. The van der Waals surface area contributed by atoms with E-state index in [0.29, 0.717) is 22.3 Å². The first kappa shape index (κ1) is 21.9. The van der Waals surface area contributed by atoms with Crippen LogP contribution in [0.5, 0.6) is 0 Å². The molecule has 1 N–H and O–H groups in total. The van der Waals surface area contributed by atoms with Crippen LogP contribution in [0.3, 0.4) is 0 Å². The Morgan fingerprint density at radius 3 is 1.97 bits per heavy atom. The third-order valence-electron chi connectivity index (χ3n) is 5.62. The van der Waals surface area contributed by atoms with Gasteiger partial charge in [-0.25, -0.2) is 9.97 Å². The zero-order valence-corrected chi connectivity index (χ0v) is 18.8. The second kappa shape index (κ2) is 9.15. The fourth-order valence-corrected chi connectivity index (χ4v) is 3.88. The zero-order valence-electron chi connectivity index (χ0n) is 18.8. The van der Waals surface area contributed by atoms with Crippen molar-refractivity contribution in [1.82, 2.24) is 9.97 Å². The van der Waals surface area contributed by atoms with Gasteiger partial charge in [-0.15, -0.1) is 0 Å². The van der Waals surface area contributed by atoms with E-state index in [9.17, 15) is 14.9 Å². The zero-order chi connectivity index (χ0) is 24.4. The second-order valence-electron chi connectivity index (χ2n) is 8.09. The third-order valence-corrected chi connectivity index (χ3v) is 5.62. The Bertz CT molecular complexity index is 1570. The number of carbonyl (C=O) groups is 1. The van der Waals surface area contributed by atoms with Crippen LogP contribution in [-0.4, -0.2) is 20.8 Å². The van der Waals surface area contributed by atoms with Gasteiger partial charge in [-0.3, -0.25) is 14.9 Å². The molecule has 0 spiro atoms. The molecule has 0 radical (unpaired) electrons. The number of hydrogen-bond acceptors (Lipinski definition) is 5. The molecular weight excluding hydrogens is 440 g/mol. The van der Waals surface area contributed by atoms with E-state index >= 15 is 0 Å². The van der Waals surface area contributed by atoms with Crippen molar-refractivity contribution >= 4 is 28.3 Å². The first-order chi connectivity index (χ1) is 17.0. The predicted molar refractivity (Wildman–Crippen MR) is 136 cm³/mol. The van der Waals surface area contributed by atoms with Crippen LogP contribution in [0.25, 0.3) is 33.5 Å². The van der Waals surface area contributed by atoms with Crippen molar-refractivity contribution < 1.29 is 9.72 Å². The topological polar surface area (TPSA) is 98.0 Å². The van der Waals surface area contributed by atoms with E-state index in [2.05, 4.69) is 5.32 Å². The number of nitro benzene ring substituents is 1. The summed E-state index contributed by atoms with van der Waals surface area (Å²) in [5, 5.41) is 14.1. The Kier molecular flexibility index (Phi) is 5.73. The highest BCUT2D eigenvalue weighted by Crippen LogP contribution is 2.31. The normalized spacial score (nSPS) is 10.8. The van der Waals surface area contributed by atoms with Crippen molar-refractivity contribution in [2.45, 2.75) is 6.92 Å². The molecule has 170 valence electrons. The van der Waals surface area contributed by atoms with Crippen molar-refractivity contribution in [3.63, 3.8) is 0 Å². The minimum Gasteiger partial charge on any atom is -0.316 e. The number of aryl methyl sites for hydroxylation is 1. The number of aromatic nitrogens is 2. The molecule has 0 bridgehead atoms. The standard InChI is InChI=1S/C28H20N4O3/c1-18-12-14-23(25(16-18)32(34)35)31-28(33)21-13-15-22-24(17-21)30-27(20-10-6-3-7-11-20)26(29-22)19-8-4-2-5-9-19/h2-17H,1H3,(H,31,33). The molecular formula is C28H20N4O3. The number of anilines is 1. The van der Waals surface area contributed by atoms with Gasteiger partial charge in [0.15, 0.2) is 0 Å². The minimum atomic E-state index is -0.508. The Morgan fingerprint density at radius 1 is 0.771 bits per heavy atom. The number of benzene rings is 4. The van der Waals surface area contributed by atoms with Gasteiger partial charge in [0.25, 0.3) is 11.6 Å². The van der Waals surface area contributed by atoms with Crippen LogP contribution >= 0.6 is 0 Å². The molecule has 4 aromatic carbocycles. The van der Waals surface area contributed by atoms with Crippen LogP contribution in [0.15, 0.2) is 97.1 Å². The Hall–Kier alpha value is -4.91. The highest BCUT2D eigenvalue weighted by atomic mass is 16.6. The highest BCUT2D eigenvalue weighted by molar-refractivity contribution is 6.07. The maximum absolute atomic E-state index is 13.0. The molecule has 0 aliphatic rings. The summed E-state index contributed by atoms with van der Waals surface area (Å²) in [5.74, 6) is -0.464. The van der Waals surface area contributed by atoms with E-state index in [-0.39, 0.29) is 11.4 Å². The van der Waals surface area contributed by atoms with Gasteiger partial charge < -0.3 is 5.32 Å². The SMILES string of the molecule is Cc1ccc(NC(=O)c2ccc3nc(-c4ccccc4)c(-c4ccccc4)nc3c2)c([N+](=O)[O-])c1. The fraction of sp³-hybridized carbons (Fsp3) is 0.0357. The largest absolute Gasteiger partial charge is 0.316 e. The number of nitrogens with zero attached hydrogens (tertiary/aromatic N) is 3.